The minimum Gasteiger partial charge on any atom is -0.386 e. The molecule has 130 valence electrons. The molecule has 0 spiro atoms. The van der Waals surface area contributed by atoms with Gasteiger partial charge in [0.25, 0.3) is 0 Å². The van der Waals surface area contributed by atoms with E-state index in [4.69, 9.17) is 14.0 Å². The Morgan fingerprint density at radius 1 is 1.27 bits per heavy atom. The van der Waals surface area contributed by atoms with Gasteiger partial charge in [-0.2, -0.15) is 0 Å². The Morgan fingerprint density at radius 3 is 2.55 bits per heavy atom. The molecule has 1 rings (SSSR count). The van der Waals surface area contributed by atoms with E-state index in [0.29, 0.717) is 20.6 Å². The van der Waals surface area contributed by atoms with Crippen molar-refractivity contribution in [1.29, 1.82) is 0 Å². The molecule has 6 atom stereocenters. The zero-order valence-electron chi connectivity index (χ0n) is 14.8. The average Bonchev–Trinajstić information content (AvgIpc) is 2.77. The quantitative estimate of drug-likeness (QED) is 0.516. The summed E-state index contributed by atoms with van der Waals surface area (Å²) < 4.78 is 16.9. The van der Waals surface area contributed by atoms with Crippen LogP contribution in [0.5, 0.6) is 0 Å². The average molecular weight is 332 g/mol. The molecule has 0 bridgehead atoms. The van der Waals surface area contributed by atoms with Crippen LogP contribution in [0.3, 0.4) is 0 Å². The predicted octanol–water partition coefficient (Wildman–Crippen LogP) is 3.74. The molecule has 1 fully saturated rings. The third-order valence-corrected chi connectivity index (χ3v) is 5.29. The van der Waals surface area contributed by atoms with Gasteiger partial charge in [-0.15, -0.1) is 0 Å². The van der Waals surface area contributed by atoms with Gasteiger partial charge in [-0.3, -0.25) is 0 Å². The number of hydrogen-bond donors (Lipinski definition) is 1. The normalized spacial score (nSPS) is 29.4. The minimum atomic E-state index is -0.627. The molecule has 2 unspecified atom stereocenters. The van der Waals surface area contributed by atoms with Gasteiger partial charge in [0.05, 0.1) is 6.10 Å². The summed E-state index contributed by atoms with van der Waals surface area (Å²) in [5.41, 5.74) is 0. The number of rotatable bonds is 9. The van der Waals surface area contributed by atoms with Crippen molar-refractivity contribution in [2.45, 2.75) is 71.6 Å². The highest BCUT2D eigenvalue weighted by Gasteiger charge is 2.43. The molecule has 22 heavy (non-hydrogen) atoms. The fourth-order valence-corrected chi connectivity index (χ4v) is 3.45. The Balaban J connectivity index is 2.58. The number of allylic oxidation sites excluding steroid dienone is 1. The molecule has 1 saturated heterocycles. The van der Waals surface area contributed by atoms with Crippen LogP contribution in [0.1, 0.15) is 47.5 Å². The zero-order chi connectivity index (χ0) is 16.8. The van der Waals surface area contributed by atoms with Crippen molar-refractivity contribution in [3.63, 3.8) is 0 Å². The van der Waals surface area contributed by atoms with E-state index in [-0.39, 0.29) is 12.2 Å². The van der Waals surface area contributed by atoms with Crippen LogP contribution < -0.4 is 0 Å². The first kappa shape index (κ1) is 20.1. The molecule has 0 aromatic heterocycles. The van der Waals surface area contributed by atoms with E-state index in [9.17, 15) is 5.11 Å². The van der Waals surface area contributed by atoms with Gasteiger partial charge in [0.1, 0.15) is 12.2 Å². The van der Waals surface area contributed by atoms with E-state index >= 15 is 0 Å². The van der Waals surface area contributed by atoms with Crippen molar-refractivity contribution in [2.24, 2.45) is 11.8 Å². The lowest BCUT2D eigenvalue weighted by molar-refractivity contribution is -0.152. The molecule has 1 N–H and O–H groups in total. The van der Waals surface area contributed by atoms with Crippen LogP contribution in [0.15, 0.2) is 12.2 Å². The van der Waals surface area contributed by atoms with Gasteiger partial charge in [0, 0.05) is 15.9 Å². The molecular weight excluding hydrogens is 299 g/mol. The Kier molecular flexibility index (Phi) is 8.52. The molecule has 1 aliphatic heterocycles. The van der Waals surface area contributed by atoms with E-state index in [0.717, 1.165) is 19.0 Å². The first-order valence-electron chi connectivity index (χ1n) is 8.28. The van der Waals surface area contributed by atoms with E-state index in [1.807, 2.05) is 19.9 Å². The summed E-state index contributed by atoms with van der Waals surface area (Å²) >= 11 is 0. The fraction of sp³-hybridized carbons (Fsp3) is 0.882. The van der Waals surface area contributed by atoms with Crippen molar-refractivity contribution in [1.82, 2.24) is 0 Å². The van der Waals surface area contributed by atoms with E-state index < -0.39 is 11.9 Å². The maximum Gasteiger partial charge on any atom is 0.163 e. The van der Waals surface area contributed by atoms with E-state index in [2.05, 4.69) is 26.8 Å². The molecule has 1 heterocycles. The molecule has 1 aliphatic rings. The topological polar surface area (TPSA) is 47.9 Å². The minimum absolute atomic E-state index is 0.0395. The van der Waals surface area contributed by atoms with Crippen LogP contribution in [0.4, 0.5) is 0 Å². The molecule has 0 aliphatic carbocycles. The maximum absolute atomic E-state index is 10.5. The van der Waals surface area contributed by atoms with Crippen molar-refractivity contribution in [3.05, 3.63) is 12.2 Å². The molecule has 5 heteroatoms. The van der Waals surface area contributed by atoms with Crippen molar-refractivity contribution < 1.29 is 19.1 Å². The highest BCUT2D eigenvalue weighted by atomic mass is 31.1. The van der Waals surface area contributed by atoms with Crippen LogP contribution in [-0.2, 0) is 14.0 Å². The summed E-state index contributed by atoms with van der Waals surface area (Å²) in [6.45, 7) is 10.3. The highest BCUT2D eigenvalue weighted by molar-refractivity contribution is 7.32. The lowest BCUT2D eigenvalue weighted by atomic mass is 9.95. The van der Waals surface area contributed by atoms with Gasteiger partial charge in [-0.1, -0.05) is 39.3 Å². The monoisotopic (exact) mass is 332 g/mol. The number of aliphatic hydroxyl groups is 1. The number of ether oxygens (including phenoxy) is 2. The fourth-order valence-electron chi connectivity index (χ4n) is 2.65. The lowest BCUT2D eigenvalue weighted by Gasteiger charge is -2.21. The second-order valence-corrected chi connectivity index (χ2v) is 7.80. The maximum atomic E-state index is 10.5. The third-order valence-electron chi connectivity index (χ3n) is 4.19. The van der Waals surface area contributed by atoms with Gasteiger partial charge in [0.2, 0.25) is 0 Å². The van der Waals surface area contributed by atoms with Crippen LogP contribution in [0.25, 0.3) is 0 Å². The molecule has 4 nitrogen and oxygen atoms in total. The summed E-state index contributed by atoms with van der Waals surface area (Å²) in [5, 5.41) is 10.5. The van der Waals surface area contributed by atoms with Gasteiger partial charge in [0.15, 0.2) is 5.79 Å². The molecule has 0 amide bonds. The van der Waals surface area contributed by atoms with Gasteiger partial charge in [-0.25, -0.2) is 0 Å². The van der Waals surface area contributed by atoms with Crippen LogP contribution in [-0.4, -0.2) is 42.5 Å². The SMILES string of the molecule is CCC[C@@H]1OC(C)(C)O[C@@H]1C(O)/C=C\[C@H](C)[C@@H](C)CPOC. The van der Waals surface area contributed by atoms with Crippen LogP contribution >= 0.6 is 8.81 Å². The standard InChI is InChI=1S/C17H33O4P/c1-7-8-15-16(21-17(4,5)20-15)14(18)10-9-12(2)13(3)11-22-19-6/h9-10,12-16,18,22H,7-8,11H2,1-6H3/b10-9-/t12-,13-,14?,15-,16+/m0/s1. The molecule has 0 aromatic rings. The van der Waals surface area contributed by atoms with Crippen molar-refractivity contribution in [2.75, 3.05) is 13.3 Å². The molecule has 0 aromatic carbocycles. The summed E-state index contributed by atoms with van der Waals surface area (Å²) in [5.74, 6) is 0.320. The van der Waals surface area contributed by atoms with Gasteiger partial charge >= 0.3 is 0 Å². The van der Waals surface area contributed by atoms with Crippen molar-refractivity contribution in [3.8, 4) is 0 Å². The third kappa shape index (κ3) is 6.25. The van der Waals surface area contributed by atoms with E-state index in [1.165, 1.54) is 0 Å². The molecule has 0 radical (unpaired) electrons. The Bertz CT molecular complexity index is 346. The second kappa shape index (κ2) is 9.34. The number of hydrogen-bond acceptors (Lipinski definition) is 4. The van der Waals surface area contributed by atoms with Crippen molar-refractivity contribution >= 4 is 8.81 Å². The Morgan fingerprint density at radius 2 is 1.95 bits per heavy atom. The van der Waals surface area contributed by atoms with Gasteiger partial charge in [-0.05, 0) is 38.3 Å². The summed E-state index contributed by atoms with van der Waals surface area (Å²) in [6.07, 6.45) is 5.98. The van der Waals surface area contributed by atoms with E-state index in [1.54, 1.807) is 7.11 Å². The van der Waals surface area contributed by atoms with Crippen LogP contribution in [0, 0.1) is 11.8 Å². The lowest BCUT2D eigenvalue weighted by Crippen LogP contribution is -2.34. The predicted molar refractivity (Wildman–Crippen MR) is 92.4 cm³/mol. The smallest absolute Gasteiger partial charge is 0.163 e. The summed E-state index contributed by atoms with van der Waals surface area (Å²) in [6, 6.07) is 0. The van der Waals surface area contributed by atoms with Gasteiger partial charge < -0.3 is 19.1 Å². The first-order valence-corrected chi connectivity index (χ1v) is 9.40. The molecule has 0 saturated carbocycles. The second-order valence-electron chi connectivity index (χ2n) is 6.69. The number of aliphatic hydroxyl groups excluding tert-OH is 1. The summed E-state index contributed by atoms with van der Waals surface area (Å²) in [7, 11) is 2.28. The highest BCUT2D eigenvalue weighted by Crippen LogP contribution is 2.33. The van der Waals surface area contributed by atoms with Crippen LogP contribution in [0.2, 0.25) is 0 Å². The largest absolute Gasteiger partial charge is 0.386 e. The Hall–Kier alpha value is 0.01000. The first-order chi connectivity index (χ1) is 10.3. The molecular formula is C17H33O4P. The zero-order valence-corrected chi connectivity index (χ0v) is 15.8. The summed E-state index contributed by atoms with van der Waals surface area (Å²) in [4.78, 5) is 0. The Labute approximate surface area is 137 Å².